The molecule has 192 valence electrons. The van der Waals surface area contributed by atoms with Gasteiger partial charge in [-0.15, -0.1) is 0 Å². The van der Waals surface area contributed by atoms with Crippen LogP contribution >= 0.6 is 0 Å². The summed E-state index contributed by atoms with van der Waals surface area (Å²) in [6.45, 7) is 2.14. The molecule has 5 nitrogen and oxygen atoms in total. The Labute approximate surface area is 217 Å². The van der Waals surface area contributed by atoms with Crippen LogP contribution in [0, 0.1) is 0 Å². The summed E-state index contributed by atoms with van der Waals surface area (Å²) in [4.78, 5) is 12.4. The summed E-state index contributed by atoms with van der Waals surface area (Å²) in [5, 5.41) is 0. The Morgan fingerprint density at radius 2 is 1.25 bits per heavy atom. The van der Waals surface area contributed by atoms with Gasteiger partial charge in [-0.1, -0.05) is 106 Å². The minimum atomic E-state index is -3.65. The van der Waals surface area contributed by atoms with Crippen molar-refractivity contribution in [3.8, 4) is 11.1 Å². The van der Waals surface area contributed by atoms with Crippen LogP contribution in [0.2, 0.25) is 0 Å². The molecule has 1 amide bonds. The lowest BCUT2D eigenvalue weighted by Gasteiger charge is -2.08. The van der Waals surface area contributed by atoms with Gasteiger partial charge in [-0.2, -0.15) is 0 Å². The third-order valence-electron chi connectivity index (χ3n) is 5.95. The smallest absolute Gasteiger partial charge is 0.264 e. The van der Waals surface area contributed by atoms with Crippen molar-refractivity contribution < 1.29 is 17.4 Å². The number of unbranched alkanes of at least 4 members (excludes halogenated alkanes) is 5. The second kappa shape index (κ2) is 14.1. The standard InChI is InChI=1S/C29H35NO4S2/c1-2-3-4-5-6-10-21-36(33,34)30-29(31)28-19-15-25(16-20-28)23-35(32)22-24-13-17-27(18-14-24)26-11-8-7-9-12-26/h7-9,11-20H,2-6,10,21-23H2,1H3,(H,30,31). The van der Waals surface area contributed by atoms with Crippen LogP contribution in [0.5, 0.6) is 0 Å². The molecule has 0 aromatic heterocycles. The second-order valence-corrected chi connectivity index (χ2v) is 12.3. The van der Waals surface area contributed by atoms with Gasteiger partial charge in [0.1, 0.15) is 0 Å². The van der Waals surface area contributed by atoms with Crippen molar-refractivity contribution in [3.63, 3.8) is 0 Å². The second-order valence-electron chi connectivity index (χ2n) is 9.01. The number of nitrogens with one attached hydrogen (secondary N) is 1. The molecule has 3 rings (SSSR count). The molecule has 1 atom stereocenters. The topological polar surface area (TPSA) is 80.3 Å². The van der Waals surface area contributed by atoms with E-state index < -0.39 is 26.7 Å². The molecule has 0 fully saturated rings. The quantitative estimate of drug-likeness (QED) is 0.253. The van der Waals surface area contributed by atoms with Crippen LogP contribution in [0.1, 0.15) is 66.9 Å². The van der Waals surface area contributed by atoms with Gasteiger partial charge in [-0.05, 0) is 40.8 Å². The van der Waals surface area contributed by atoms with Crippen LogP contribution < -0.4 is 4.72 Å². The number of benzene rings is 3. The van der Waals surface area contributed by atoms with Crippen LogP contribution in [-0.2, 0) is 32.3 Å². The molecule has 0 aliphatic rings. The van der Waals surface area contributed by atoms with Gasteiger partial charge in [0, 0.05) is 27.9 Å². The molecular weight excluding hydrogens is 490 g/mol. The van der Waals surface area contributed by atoms with Gasteiger partial charge in [0.05, 0.1) is 5.75 Å². The van der Waals surface area contributed by atoms with Gasteiger partial charge >= 0.3 is 0 Å². The van der Waals surface area contributed by atoms with Gasteiger partial charge in [-0.25, -0.2) is 13.1 Å². The van der Waals surface area contributed by atoms with E-state index in [1.54, 1.807) is 24.3 Å². The van der Waals surface area contributed by atoms with E-state index >= 15 is 0 Å². The van der Waals surface area contributed by atoms with E-state index in [1.165, 1.54) is 0 Å². The van der Waals surface area contributed by atoms with Crippen LogP contribution in [0.15, 0.2) is 78.9 Å². The SMILES string of the molecule is CCCCCCCCS(=O)(=O)NC(=O)c1ccc(CS(=O)Cc2ccc(-c3ccccc3)cc2)cc1. The van der Waals surface area contributed by atoms with Crippen LogP contribution in [0.3, 0.4) is 0 Å². The van der Waals surface area contributed by atoms with Crippen molar-refractivity contribution in [2.75, 3.05) is 5.75 Å². The van der Waals surface area contributed by atoms with Crippen molar-refractivity contribution in [3.05, 3.63) is 95.6 Å². The molecule has 1 unspecified atom stereocenters. The van der Waals surface area contributed by atoms with Gasteiger partial charge in [-0.3, -0.25) is 9.00 Å². The van der Waals surface area contributed by atoms with E-state index in [9.17, 15) is 17.4 Å². The number of carbonyl (C=O) groups excluding carboxylic acids is 1. The molecule has 36 heavy (non-hydrogen) atoms. The number of hydrogen-bond donors (Lipinski definition) is 1. The molecule has 0 spiro atoms. The fraction of sp³-hybridized carbons (Fsp3) is 0.345. The number of carbonyl (C=O) groups is 1. The van der Waals surface area contributed by atoms with Crippen LogP contribution in [0.4, 0.5) is 0 Å². The molecular formula is C29H35NO4S2. The third-order valence-corrected chi connectivity index (χ3v) is 8.58. The van der Waals surface area contributed by atoms with Crippen LogP contribution in [-0.4, -0.2) is 24.3 Å². The maximum Gasteiger partial charge on any atom is 0.264 e. The Morgan fingerprint density at radius 1 is 0.722 bits per heavy atom. The third kappa shape index (κ3) is 9.36. The molecule has 0 bridgehead atoms. The van der Waals surface area contributed by atoms with Gasteiger partial charge in [0.25, 0.3) is 5.91 Å². The highest BCUT2D eigenvalue weighted by molar-refractivity contribution is 7.90. The fourth-order valence-corrected chi connectivity index (χ4v) is 6.24. The van der Waals surface area contributed by atoms with E-state index in [0.717, 1.165) is 54.4 Å². The first-order chi connectivity index (χ1) is 17.4. The summed E-state index contributed by atoms with van der Waals surface area (Å²) < 4.78 is 39.3. The fourth-order valence-electron chi connectivity index (χ4n) is 3.92. The molecule has 1 N–H and O–H groups in total. The van der Waals surface area contributed by atoms with E-state index in [-0.39, 0.29) is 11.3 Å². The number of rotatable bonds is 14. The first kappa shape index (κ1) is 27.8. The Morgan fingerprint density at radius 3 is 1.86 bits per heavy atom. The molecule has 0 radical (unpaired) electrons. The molecule has 0 aliphatic carbocycles. The number of hydrogen-bond acceptors (Lipinski definition) is 4. The van der Waals surface area contributed by atoms with E-state index in [1.807, 2.05) is 42.5 Å². The number of sulfonamides is 1. The molecule has 0 saturated carbocycles. The van der Waals surface area contributed by atoms with E-state index in [0.29, 0.717) is 17.9 Å². The summed E-state index contributed by atoms with van der Waals surface area (Å²) in [6.07, 6.45) is 5.82. The normalized spacial score (nSPS) is 12.2. The van der Waals surface area contributed by atoms with Crippen molar-refractivity contribution >= 4 is 26.7 Å². The Kier molecular flexibility index (Phi) is 10.9. The first-order valence-corrected chi connectivity index (χ1v) is 15.6. The lowest BCUT2D eigenvalue weighted by molar-refractivity contribution is 0.0981. The average Bonchev–Trinajstić information content (AvgIpc) is 2.87. The van der Waals surface area contributed by atoms with Crippen molar-refractivity contribution in [1.29, 1.82) is 0 Å². The molecule has 3 aromatic carbocycles. The lowest BCUT2D eigenvalue weighted by Crippen LogP contribution is -2.32. The minimum absolute atomic E-state index is 0.0474. The highest BCUT2D eigenvalue weighted by Gasteiger charge is 2.16. The predicted molar refractivity (Wildman–Crippen MR) is 148 cm³/mol. The first-order valence-electron chi connectivity index (χ1n) is 12.5. The maximum atomic E-state index is 12.7. The Balaban J connectivity index is 1.46. The summed E-state index contributed by atoms with van der Waals surface area (Å²) >= 11 is 0. The predicted octanol–water partition coefficient (Wildman–Crippen LogP) is 6.22. The highest BCUT2D eigenvalue weighted by Crippen LogP contribution is 2.20. The minimum Gasteiger partial charge on any atom is -0.268 e. The van der Waals surface area contributed by atoms with E-state index in [4.69, 9.17) is 0 Å². The van der Waals surface area contributed by atoms with Crippen molar-refractivity contribution in [2.45, 2.75) is 57.0 Å². The van der Waals surface area contributed by atoms with Crippen molar-refractivity contribution in [1.82, 2.24) is 4.72 Å². The molecule has 0 saturated heterocycles. The zero-order valence-electron chi connectivity index (χ0n) is 20.8. The highest BCUT2D eigenvalue weighted by atomic mass is 32.2. The zero-order chi connectivity index (χ0) is 25.8. The Hall–Kier alpha value is -2.77. The summed E-state index contributed by atoms with van der Waals surface area (Å²) in [5.74, 6) is 0.119. The largest absolute Gasteiger partial charge is 0.268 e. The maximum absolute atomic E-state index is 12.7. The summed E-state index contributed by atoms with van der Waals surface area (Å²) in [6, 6.07) is 24.8. The lowest BCUT2D eigenvalue weighted by atomic mass is 10.0. The van der Waals surface area contributed by atoms with Gasteiger partial charge in [0.2, 0.25) is 10.0 Å². The van der Waals surface area contributed by atoms with Crippen LogP contribution in [0.25, 0.3) is 11.1 Å². The van der Waals surface area contributed by atoms with Gasteiger partial charge in [0.15, 0.2) is 0 Å². The van der Waals surface area contributed by atoms with E-state index in [2.05, 4.69) is 23.8 Å². The molecule has 0 aliphatic heterocycles. The zero-order valence-corrected chi connectivity index (χ0v) is 22.5. The number of amides is 1. The summed E-state index contributed by atoms with van der Waals surface area (Å²) in [7, 11) is -4.76. The summed E-state index contributed by atoms with van der Waals surface area (Å²) in [5.41, 5.74) is 4.37. The molecule has 7 heteroatoms. The average molecular weight is 526 g/mol. The van der Waals surface area contributed by atoms with Crippen molar-refractivity contribution in [2.24, 2.45) is 0 Å². The van der Waals surface area contributed by atoms with Gasteiger partial charge < -0.3 is 0 Å². The molecule has 3 aromatic rings. The molecule has 0 heterocycles. The Bertz CT molecular complexity index is 1220. The monoisotopic (exact) mass is 525 g/mol.